The monoisotopic (exact) mass is 369 g/mol. The molecule has 6 heteroatoms. The Kier molecular flexibility index (Phi) is 8.56. The number of aliphatic imine (C=N–C) groups is 1. The van der Waals surface area contributed by atoms with Gasteiger partial charge in [-0.3, -0.25) is 4.99 Å². The van der Waals surface area contributed by atoms with Crippen molar-refractivity contribution in [3.63, 3.8) is 0 Å². The summed E-state index contributed by atoms with van der Waals surface area (Å²) < 4.78 is 16.5. The minimum atomic E-state index is 0.479. The average Bonchev–Trinajstić information content (AvgIpc) is 2.72. The van der Waals surface area contributed by atoms with E-state index in [-0.39, 0.29) is 0 Å². The summed E-state index contributed by atoms with van der Waals surface area (Å²) in [5, 5.41) is 6.50. The molecule has 0 saturated heterocycles. The van der Waals surface area contributed by atoms with Gasteiger partial charge in [-0.25, -0.2) is 0 Å². The maximum atomic E-state index is 5.70. The lowest BCUT2D eigenvalue weighted by Gasteiger charge is -2.14. The fourth-order valence-corrected chi connectivity index (χ4v) is 2.35. The number of nitrogens with one attached hydrogen (secondary N) is 2. The second-order valence-electron chi connectivity index (χ2n) is 5.58. The van der Waals surface area contributed by atoms with Gasteiger partial charge in [0.2, 0.25) is 0 Å². The molecule has 0 saturated carbocycles. The number of rotatable bonds is 10. The first-order valence-electron chi connectivity index (χ1n) is 8.79. The molecule has 0 heterocycles. The largest absolute Gasteiger partial charge is 0.497 e. The Bertz CT molecular complexity index is 730. The van der Waals surface area contributed by atoms with E-state index in [1.54, 1.807) is 20.2 Å². The highest BCUT2D eigenvalue weighted by Crippen LogP contribution is 2.18. The minimum absolute atomic E-state index is 0.479. The number of hydrogen-bond donors (Lipinski definition) is 2. The number of ether oxygens (including phenoxy) is 3. The van der Waals surface area contributed by atoms with Crippen LogP contribution in [0.15, 0.2) is 66.2 Å². The zero-order valence-electron chi connectivity index (χ0n) is 15.9. The third-order valence-corrected chi connectivity index (χ3v) is 3.72. The van der Waals surface area contributed by atoms with E-state index in [1.165, 1.54) is 0 Å². The molecule has 0 bridgehead atoms. The maximum absolute atomic E-state index is 5.70. The standard InChI is InChI=1S/C21H27N3O3/c1-4-14-27-20-8-6-5-7-17(20)16-24-21(22-2)23-13-15-26-19-11-9-18(25-3)10-12-19/h4-12H,1,13-16H2,2-3H3,(H2,22,23,24). The number of hydrogen-bond acceptors (Lipinski definition) is 4. The smallest absolute Gasteiger partial charge is 0.191 e. The molecular weight excluding hydrogens is 342 g/mol. The van der Waals surface area contributed by atoms with Gasteiger partial charge in [0, 0.05) is 19.2 Å². The van der Waals surface area contributed by atoms with Crippen LogP contribution in [0.25, 0.3) is 0 Å². The van der Waals surface area contributed by atoms with Crippen LogP contribution >= 0.6 is 0 Å². The summed E-state index contributed by atoms with van der Waals surface area (Å²) in [5.74, 6) is 3.14. The number of guanidine groups is 1. The molecule has 0 aliphatic rings. The fraction of sp³-hybridized carbons (Fsp3) is 0.286. The van der Waals surface area contributed by atoms with E-state index in [4.69, 9.17) is 14.2 Å². The first-order chi connectivity index (χ1) is 13.3. The van der Waals surface area contributed by atoms with Gasteiger partial charge < -0.3 is 24.8 Å². The number of benzene rings is 2. The van der Waals surface area contributed by atoms with Crippen LogP contribution in [0.5, 0.6) is 17.2 Å². The summed E-state index contributed by atoms with van der Waals surface area (Å²) in [6.07, 6.45) is 1.73. The summed E-state index contributed by atoms with van der Waals surface area (Å²) in [7, 11) is 3.38. The van der Waals surface area contributed by atoms with Crippen LogP contribution < -0.4 is 24.8 Å². The minimum Gasteiger partial charge on any atom is -0.497 e. The molecule has 6 nitrogen and oxygen atoms in total. The quantitative estimate of drug-likeness (QED) is 0.292. The van der Waals surface area contributed by atoms with Gasteiger partial charge in [0.25, 0.3) is 0 Å². The highest BCUT2D eigenvalue weighted by atomic mass is 16.5. The predicted molar refractivity (Wildman–Crippen MR) is 109 cm³/mol. The second kappa shape index (κ2) is 11.5. The van der Waals surface area contributed by atoms with Crippen molar-refractivity contribution in [2.75, 3.05) is 33.9 Å². The summed E-state index contributed by atoms with van der Waals surface area (Å²) in [4.78, 5) is 4.23. The number of para-hydroxylation sites is 1. The van der Waals surface area contributed by atoms with Crippen molar-refractivity contribution in [2.24, 2.45) is 4.99 Å². The van der Waals surface area contributed by atoms with Crippen LogP contribution in [0.1, 0.15) is 5.56 Å². The molecule has 2 aromatic rings. The predicted octanol–water partition coefficient (Wildman–Crippen LogP) is 3.00. The molecule has 0 radical (unpaired) electrons. The molecule has 0 spiro atoms. The highest BCUT2D eigenvalue weighted by molar-refractivity contribution is 5.79. The first kappa shape index (κ1) is 20.2. The van der Waals surface area contributed by atoms with Crippen molar-refractivity contribution in [1.29, 1.82) is 0 Å². The molecule has 0 unspecified atom stereocenters. The molecule has 0 amide bonds. The molecule has 27 heavy (non-hydrogen) atoms. The Balaban J connectivity index is 1.75. The van der Waals surface area contributed by atoms with Crippen LogP contribution in [0.3, 0.4) is 0 Å². The van der Waals surface area contributed by atoms with E-state index in [0.29, 0.717) is 32.3 Å². The van der Waals surface area contributed by atoms with Gasteiger partial charge in [0.05, 0.1) is 13.7 Å². The second-order valence-corrected chi connectivity index (χ2v) is 5.58. The van der Waals surface area contributed by atoms with Crippen LogP contribution in [0, 0.1) is 0 Å². The lowest BCUT2D eigenvalue weighted by atomic mass is 10.2. The van der Waals surface area contributed by atoms with E-state index in [9.17, 15) is 0 Å². The molecule has 0 aromatic heterocycles. The molecule has 144 valence electrons. The molecule has 2 N–H and O–H groups in total. The van der Waals surface area contributed by atoms with Gasteiger partial charge in [-0.2, -0.15) is 0 Å². The van der Waals surface area contributed by atoms with E-state index in [0.717, 1.165) is 22.8 Å². The lowest BCUT2D eigenvalue weighted by Crippen LogP contribution is -2.38. The van der Waals surface area contributed by atoms with E-state index in [1.807, 2.05) is 48.5 Å². The van der Waals surface area contributed by atoms with Crippen molar-refractivity contribution in [3.8, 4) is 17.2 Å². The normalized spacial score (nSPS) is 10.8. The van der Waals surface area contributed by atoms with Crippen molar-refractivity contribution in [1.82, 2.24) is 10.6 Å². The van der Waals surface area contributed by atoms with Gasteiger partial charge in [-0.05, 0) is 30.3 Å². The van der Waals surface area contributed by atoms with E-state index >= 15 is 0 Å². The average molecular weight is 369 g/mol. The molecular formula is C21H27N3O3. The summed E-state index contributed by atoms with van der Waals surface area (Å²) in [5.41, 5.74) is 1.05. The SMILES string of the molecule is C=CCOc1ccccc1CNC(=NC)NCCOc1ccc(OC)cc1. The summed E-state index contributed by atoms with van der Waals surface area (Å²) in [6, 6.07) is 15.4. The fourth-order valence-electron chi connectivity index (χ4n) is 2.35. The van der Waals surface area contributed by atoms with Crippen LogP contribution in [0.2, 0.25) is 0 Å². The Morgan fingerprint density at radius 3 is 2.48 bits per heavy atom. The van der Waals surface area contributed by atoms with E-state index in [2.05, 4.69) is 22.2 Å². The third-order valence-electron chi connectivity index (χ3n) is 3.72. The topological polar surface area (TPSA) is 64.1 Å². The molecule has 0 aliphatic carbocycles. The van der Waals surface area contributed by atoms with Crippen molar-refractivity contribution in [2.45, 2.75) is 6.54 Å². The van der Waals surface area contributed by atoms with Crippen molar-refractivity contribution in [3.05, 3.63) is 66.7 Å². The summed E-state index contributed by atoms with van der Waals surface area (Å²) in [6.45, 7) is 5.90. The van der Waals surface area contributed by atoms with Crippen LogP contribution in [-0.2, 0) is 6.54 Å². The van der Waals surface area contributed by atoms with Gasteiger partial charge in [0.1, 0.15) is 30.5 Å². The molecule has 0 fully saturated rings. The highest BCUT2D eigenvalue weighted by Gasteiger charge is 2.04. The Morgan fingerprint density at radius 2 is 1.78 bits per heavy atom. The van der Waals surface area contributed by atoms with E-state index < -0.39 is 0 Å². The number of nitrogens with zero attached hydrogens (tertiary/aromatic N) is 1. The Hall–Kier alpha value is -3.15. The Morgan fingerprint density at radius 1 is 1.04 bits per heavy atom. The molecule has 0 aliphatic heterocycles. The van der Waals surface area contributed by atoms with Gasteiger partial charge in [-0.1, -0.05) is 30.9 Å². The Labute approximate surface area is 160 Å². The zero-order chi connectivity index (χ0) is 19.3. The molecule has 0 atom stereocenters. The summed E-state index contributed by atoms with van der Waals surface area (Å²) >= 11 is 0. The van der Waals surface area contributed by atoms with Gasteiger partial charge >= 0.3 is 0 Å². The van der Waals surface area contributed by atoms with Crippen LogP contribution in [-0.4, -0.2) is 39.9 Å². The van der Waals surface area contributed by atoms with Crippen LogP contribution in [0.4, 0.5) is 0 Å². The zero-order valence-corrected chi connectivity index (χ0v) is 15.9. The molecule has 2 aromatic carbocycles. The van der Waals surface area contributed by atoms with Gasteiger partial charge in [0.15, 0.2) is 5.96 Å². The van der Waals surface area contributed by atoms with Crippen molar-refractivity contribution >= 4 is 5.96 Å². The maximum Gasteiger partial charge on any atom is 0.191 e. The van der Waals surface area contributed by atoms with Crippen molar-refractivity contribution < 1.29 is 14.2 Å². The van der Waals surface area contributed by atoms with Gasteiger partial charge in [-0.15, -0.1) is 0 Å². The first-order valence-corrected chi connectivity index (χ1v) is 8.79. The number of methoxy groups -OCH3 is 1. The third kappa shape index (κ3) is 6.93. The molecule has 2 rings (SSSR count). The lowest BCUT2D eigenvalue weighted by molar-refractivity contribution is 0.321.